The van der Waals surface area contributed by atoms with Crippen LogP contribution in [0.1, 0.15) is 34.5 Å². The Morgan fingerprint density at radius 3 is 2.97 bits per heavy atom. The van der Waals surface area contributed by atoms with Gasteiger partial charge in [0.15, 0.2) is 12.4 Å². The van der Waals surface area contributed by atoms with E-state index in [2.05, 4.69) is 5.10 Å². The van der Waals surface area contributed by atoms with Gasteiger partial charge in [-0.2, -0.15) is 5.10 Å². The first-order valence-corrected chi connectivity index (χ1v) is 10.8. The zero-order chi connectivity index (χ0) is 22.2. The molecule has 32 heavy (non-hydrogen) atoms. The van der Waals surface area contributed by atoms with E-state index in [-0.39, 0.29) is 25.8 Å². The summed E-state index contributed by atoms with van der Waals surface area (Å²) in [6.45, 7) is 4.67. The lowest BCUT2D eigenvalue weighted by atomic mass is 10.1. The lowest BCUT2D eigenvalue weighted by Crippen LogP contribution is -2.15. The summed E-state index contributed by atoms with van der Waals surface area (Å²) in [6.07, 6.45) is 0.760. The van der Waals surface area contributed by atoms with Crippen molar-refractivity contribution in [1.82, 2.24) is 14.6 Å². The van der Waals surface area contributed by atoms with Gasteiger partial charge in [0.05, 0.1) is 12.1 Å². The highest BCUT2D eigenvalue weighted by atomic mass is 35.5. The zero-order valence-electron chi connectivity index (χ0n) is 17.9. The van der Waals surface area contributed by atoms with Crippen LogP contribution < -0.4 is 4.74 Å². The van der Waals surface area contributed by atoms with Crippen molar-refractivity contribution < 1.29 is 19.0 Å². The molecule has 3 heterocycles. The predicted octanol–water partition coefficient (Wildman–Crippen LogP) is 4.70. The van der Waals surface area contributed by atoms with Crippen LogP contribution in [0, 0.1) is 13.8 Å². The number of ether oxygens (including phenoxy) is 3. The van der Waals surface area contributed by atoms with Crippen molar-refractivity contribution in [3.63, 3.8) is 0 Å². The summed E-state index contributed by atoms with van der Waals surface area (Å²) in [5, 5.41) is 6.24. The third kappa shape index (κ3) is 3.78. The maximum Gasteiger partial charge on any atom is 0.306 e. The van der Waals surface area contributed by atoms with E-state index in [1.807, 2.05) is 42.6 Å². The molecular formula is C24H22ClN3O4. The van der Waals surface area contributed by atoms with E-state index in [4.69, 9.17) is 30.8 Å². The van der Waals surface area contributed by atoms with Crippen LogP contribution >= 0.6 is 11.6 Å². The van der Waals surface area contributed by atoms with Gasteiger partial charge in [-0.3, -0.25) is 4.79 Å². The highest BCUT2D eigenvalue weighted by Gasteiger charge is 2.19. The first kappa shape index (κ1) is 20.7. The topological polar surface area (TPSA) is 75.0 Å². The summed E-state index contributed by atoms with van der Waals surface area (Å²) in [6, 6.07) is 11.5. The standard InChI is InChI=1S/C24H22ClN3O4/c1-14-19(15(2)28-24(26-14)20-5-3-4-6-21(20)27-28)7-8-22(29)31-12-17-10-18(25)9-16-11-30-13-32-23(16)17/h3-6,9-10H,7-8,11-13H2,1-2H3. The second-order valence-corrected chi connectivity index (χ2v) is 8.27. The van der Waals surface area contributed by atoms with E-state index in [9.17, 15) is 4.79 Å². The van der Waals surface area contributed by atoms with E-state index >= 15 is 0 Å². The van der Waals surface area contributed by atoms with Gasteiger partial charge in [-0.05, 0) is 50.1 Å². The highest BCUT2D eigenvalue weighted by Crippen LogP contribution is 2.32. The van der Waals surface area contributed by atoms with Crippen molar-refractivity contribution in [2.75, 3.05) is 6.79 Å². The monoisotopic (exact) mass is 451 g/mol. The molecule has 1 aliphatic heterocycles. The molecule has 0 saturated heterocycles. The Morgan fingerprint density at radius 1 is 1.25 bits per heavy atom. The summed E-state index contributed by atoms with van der Waals surface area (Å²) in [5.41, 5.74) is 6.20. The molecule has 0 amide bonds. The van der Waals surface area contributed by atoms with Crippen LogP contribution in [0.25, 0.3) is 16.6 Å². The Morgan fingerprint density at radius 2 is 2.09 bits per heavy atom. The molecule has 0 aliphatic carbocycles. The molecule has 0 unspecified atom stereocenters. The lowest BCUT2D eigenvalue weighted by Gasteiger charge is -2.21. The van der Waals surface area contributed by atoms with Crippen molar-refractivity contribution in [3.8, 4) is 5.75 Å². The summed E-state index contributed by atoms with van der Waals surface area (Å²) in [4.78, 5) is 17.3. The van der Waals surface area contributed by atoms with Crippen LogP contribution in [0.2, 0.25) is 5.02 Å². The minimum atomic E-state index is -0.296. The molecule has 0 bridgehead atoms. The molecule has 2 aromatic heterocycles. The number of esters is 1. The maximum absolute atomic E-state index is 12.5. The van der Waals surface area contributed by atoms with Gasteiger partial charge in [0.1, 0.15) is 12.4 Å². The fraction of sp³-hybridized carbons (Fsp3) is 0.292. The normalized spacial score (nSPS) is 13.2. The molecule has 1 aliphatic rings. The van der Waals surface area contributed by atoms with Crippen LogP contribution in [0.3, 0.4) is 0 Å². The average Bonchev–Trinajstić information content (AvgIpc) is 3.16. The van der Waals surface area contributed by atoms with E-state index in [1.165, 1.54) is 0 Å². The molecule has 0 saturated carbocycles. The van der Waals surface area contributed by atoms with Gasteiger partial charge in [0.25, 0.3) is 0 Å². The minimum Gasteiger partial charge on any atom is -0.467 e. The van der Waals surface area contributed by atoms with E-state index in [0.29, 0.717) is 23.8 Å². The molecule has 0 N–H and O–H groups in total. The predicted molar refractivity (Wildman–Crippen MR) is 120 cm³/mol. The number of benzene rings is 2. The molecule has 5 rings (SSSR count). The third-order valence-corrected chi connectivity index (χ3v) is 5.96. The number of aromatic nitrogens is 3. The highest BCUT2D eigenvalue weighted by molar-refractivity contribution is 6.30. The van der Waals surface area contributed by atoms with Crippen LogP contribution in [0.5, 0.6) is 5.75 Å². The smallest absolute Gasteiger partial charge is 0.306 e. The lowest BCUT2D eigenvalue weighted by molar-refractivity contribution is -0.145. The SMILES string of the molecule is Cc1nc2c3ccccc3nn2c(C)c1CCC(=O)OCc1cc(Cl)cc2c1OCOC2. The van der Waals surface area contributed by atoms with E-state index in [1.54, 1.807) is 12.1 Å². The van der Waals surface area contributed by atoms with E-state index < -0.39 is 0 Å². The Hall–Kier alpha value is -3.16. The second kappa shape index (κ2) is 8.41. The Bertz CT molecular complexity index is 1350. The molecule has 0 radical (unpaired) electrons. The van der Waals surface area contributed by atoms with Crippen LogP contribution in [-0.4, -0.2) is 27.4 Å². The first-order chi connectivity index (χ1) is 15.5. The molecule has 2 aromatic carbocycles. The molecule has 0 spiro atoms. The number of rotatable bonds is 5. The van der Waals surface area contributed by atoms with E-state index in [0.717, 1.165) is 44.6 Å². The first-order valence-electron chi connectivity index (χ1n) is 10.4. The minimum absolute atomic E-state index is 0.0987. The number of carbonyl (C=O) groups is 1. The quantitative estimate of drug-likeness (QED) is 0.409. The molecule has 7 nitrogen and oxygen atoms in total. The van der Waals surface area contributed by atoms with Gasteiger partial charge in [-0.1, -0.05) is 23.7 Å². The van der Waals surface area contributed by atoms with Gasteiger partial charge < -0.3 is 14.2 Å². The van der Waals surface area contributed by atoms with Gasteiger partial charge in [0.2, 0.25) is 0 Å². The number of aryl methyl sites for hydroxylation is 2. The average molecular weight is 452 g/mol. The zero-order valence-corrected chi connectivity index (χ0v) is 18.6. The number of fused-ring (bicyclic) bond motifs is 4. The largest absolute Gasteiger partial charge is 0.467 e. The number of hydrogen-bond acceptors (Lipinski definition) is 6. The van der Waals surface area contributed by atoms with Gasteiger partial charge in [-0.25, -0.2) is 9.50 Å². The molecule has 8 heteroatoms. The van der Waals surface area contributed by atoms with Gasteiger partial charge in [0, 0.05) is 39.3 Å². The molecule has 0 fully saturated rings. The Balaban J connectivity index is 1.30. The number of carbonyl (C=O) groups excluding carboxylic acids is 1. The van der Waals surface area contributed by atoms with Crippen molar-refractivity contribution in [1.29, 1.82) is 0 Å². The molecular weight excluding hydrogens is 430 g/mol. The van der Waals surface area contributed by atoms with Crippen LogP contribution in [0.15, 0.2) is 36.4 Å². The summed E-state index contributed by atoms with van der Waals surface area (Å²) in [7, 11) is 0. The van der Waals surface area contributed by atoms with Gasteiger partial charge in [-0.15, -0.1) is 0 Å². The number of halogens is 1. The van der Waals surface area contributed by atoms with Crippen LogP contribution in [0.4, 0.5) is 0 Å². The summed E-state index contributed by atoms with van der Waals surface area (Å²) < 4.78 is 18.2. The van der Waals surface area contributed by atoms with Crippen molar-refractivity contribution in [2.45, 2.75) is 39.9 Å². The van der Waals surface area contributed by atoms with Gasteiger partial charge >= 0.3 is 5.97 Å². The summed E-state index contributed by atoms with van der Waals surface area (Å²) >= 11 is 6.18. The van der Waals surface area contributed by atoms with Crippen LogP contribution in [-0.2, 0) is 33.9 Å². The molecule has 0 atom stereocenters. The Kier molecular flexibility index (Phi) is 5.45. The van der Waals surface area contributed by atoms with Crippen molar-refractivity contribution in [3.05, 3.63) is 69.5 Å². The molecule has 164 valence electrons. The number of nitrogens with zero attached hydrogens (tertiary/aromatic N) is 3. The fourth-order valence-electron chi connectivity index (χ4n) is 4.16. The molecule has 4 aromatic rings. The Labute approximate surface area is 189 Å². The third-order valence-electron chi connectivity index (χ3n) is 5.74. The fourth-order valence-corrected chi connectivity index (χ4v) is 4.42. The maximum atomic E-state index is 12.5. The summed E-state index contributed by atoms with van der Waals surface area (Å²) in [5.74, 6) is 0.385. The second-order valence-electron chi connectivity index (χ2n) is 7.84. The number of hydrogen-bond donors (Lipinski definition) is 0. The van der Waals surface area contributed by atoms with Crippen molar-refractivity contribution >= 4 is 34.1 Å². The van der Waals surface area contributed by atoms with Crippen molar-refractivity contribution in [2.24, 2.45) is 0 Å².